The third-order valence-electron chi connectivity index (χ3n) is 4.24. The Labute approximate surface area is 103 Å². The van der Waals surface area contributed by atoms with Crippen LogP contribution in [0.25, 0.3) is 0 Å². The second kappa shape index (κ2) is 3.94. The van der Waals surface area contributed by atoms with E-state index in [4.69, 9.17) is 0 Å². The Hall–Kier alpha value is -0.180. The average molecular weight is 241 g/mol. The van der Waals surface area contributed by atoms with Crippen molar-refractivity contribution in [2.75, 3.05) is 0 Å². The molecule has 0 aliphatic carbocycles. The van der Waals surface area contributed by atoms with Crippen molar-refractivity contribution in [3.05, 3.63) is 0 Å². The lowest BCUT2D eigenvalue weighted by molar-refractivity contribution is -0.141. The molecule has 2 saturated heterocycles. The lowest BCUT2D eigenvalue weighted by Gasteiger charge is -2.37. The summed E-state index contributed by atoms with van der Waals surface area (Å²) in [7, 11) is 0. The summed E-state index contributed by atoms with van der Waals surface area (Å²) in [6, 6.07) is 0.445. The number of thioether (sulfide) groups is 1. The van der Waals surface area contributed by atoms with Crippen LogP contribution in [-0.2, 0) is 4.79 Å². The van der Waals surface area contributed by atoms with E-state index in [1.807, 2.05) is 11.8 Å². The first-order chi connectivity index (χ1) is 7.32. The van der Waals surface area contributed by atoms with Crippen LogP contribution in [0.5, 0.6) is 0 Å². The number of carbonyl (C=O) groups excluding carboxylic acids is 1. The molecule has 2 aliphatic rings. The zero-order chi connectivity index (χ0) is 12.1. The monoisotopic (exact) mass is 241 g/mol. The van der Waals surface area contributed by atoms with Gasteiger partial charge in [0.2, 0.25) is 5.91 Å². The molecule has 16 heavy (non-hydrogen) atoms. The van der Waals surface area contributed by atoms with Gasteiger partial charge in [0.1, 0.15) is 0 Å². The van der Waals surface area contributed by atoms with Gasteiger partial charge in [-0.25, -0.2) is 0 Å². The van der Waals surface area contributed by atoms with E-state index < -0.39 is 0 Å². The molecule has 0 aromatic heterocycles. The van der Waals surface area contributed by atoms with Crippen LogP contribution in [0.15, 0.2) is 0 Å². The van der Waals surface area contributed by atoms with Crippen molar-refractivity contribution in [1.82, 2.24) is 4.90 Å². The van der Waals surface area contributed by atoms with E-state index in [2.05, 4.69) is 39.5 Å². The van der Waals surface area contributed by atoms with Gasteiger partial charge in [0.25, 0.3) is 0 Å². The van der Waals surface area contributed by atoms with Gasteiger partial charge in [-0.15, -0.1) is 11.8 Å². The topological polar surface area (TPSA) is 20.3 Å². The van der Waals surface area contributed by atoms with Crippen LogP contribution in [0.4, 0.5) is 0 Å². The number of hydrogen-bond acceptors (Lipinski definition) is 2. The Morgan fingerprint density at radius 3 is 2.44 bits per heavy atom. The van der Waals surface area contributed by atoms with Crippen molar-refractivity contribution in [2.24, 2.45) is 11.3 Å². The largest absolute Gasteiger partial charge is 0.327 e. The van der Waals surface area contributed by atoms with Crippen LogP contribution in [-0.4, -0.2) is 27.5 Å². The molecule has 2 heterocycles. The molecule has 0 N–H and O–H groups in total. The predicted molar refractivity (Wildman–Crippen MR) is 69.3 cm³/mol. The number of rotatable bonds is 1. The van der Waals surface area contributed by atoms with E-state index in [0.29, 0.717) is 22.6 Å². The number of fused-ring (bicyclic) bond motifs is 2. The minimum absolute atomic E-state index is 0.0727. The minimum Gasteiger partial charge on any atom is -0.327 e. The molecule has 0 saturated carbocycles. The van der Waals surface area contributed by atoms with Crippen molar-refractivity contribution in [1.29, 1.82) is 0 Å². The average Bonchev–Trinajstić information content (AvgIpc) is 2.74. The van der Waals surface area contributed by atoms with Gasteiger partial charge in [-0.3, -0.25) is 4.79 Å². The molecule has 2 nitrogen and oxygen atoms in total. The van der Waals surface area contributed by atoms with E-state index in [9.17, 15) is 4.79 Å². The normalized spacial score (nSPS) is 35.6. The maximum atomic E-state index is 12.5. The molecule has 3 heteroatoms. The summed E-state index contributed by atoms with van der Waals surface area (Å²) >= 11 is 2.01. The van der Waals surface area contributed by atoms with Gasteiger partial charge in [0.15, 0.2) is 0 Å². The quantitative estimate of drug-likeness (QED) is 0.703. The van der Waals surface area contributed by atoms with Gasteiger partial charge < -0.3 is 4.90 Å². The van der Waals surface area contributed by atoms with Crippen molar-refractivity contribution in [2.45, 2.75) is 64.1 Å². The fourth-order valence-corrected chi connectivity index (χ4v) is 4.32. The summed E-state index contributed by atoms with van der Waals surface area (Å²) in [5.41, 5.74) is 0.0727. The van der Waals surface area contributed by atoms with Crippen LogP contribution in [0.1, 0.15) is 47.5 Å². The molecule has 0 radical (unpaired) electrons. The van der Waals surface area contributed by atoms with E-state index >= 15 is 0 Å². The molecule has 92 valence electrons. The smallest absolute Gasteiger partial charge is 0.227 e. The first-order valence-corrected chi connectivity index (χ1v) is 7.24. The van der Waals surface area contributed by atoms with Crippen LogP contribution < -0.4 is 0 Å². The third-order valence-corrected chi connectivity index (χ3v) is 6.00. The van der Waals surface area contributed by atoms with E-state index in [1.54, 1.807) is 0 Å². The number of nitrogens with zero attached hydrogens (tertiary/aromatic N) is 1. The Morgan fingerprint density at radius 1 is 1.38 bits per heavy atom. The first kappa shape index (κ1) is 12.3. The molecular formula is C13H23NOS. The van der Waals surface area contributed by atoms with Gasteiger partial charge in [-0.05, 0) is 25.2 Å². The molecule has 2 bridgehead atoms. The van der Waals surface area contributed by atoms with E-state index in [-0.39, 0.29) is 11.3 Å². The maximum absolute atomic E-state index is 12.5. The Kier molecular flexibility index (Phi) is 3.02. The molecule has 4 atom stereocenters. The summed E-state index contributed by atoms with van der Waals surface area (Å²) in [6.45, 7) is 10.8. The molecule has 4 unspecified atom stereocenters. The van der Waals surface area contributed by atoms with Crippen LogP contribution in [0.3, 0.4) is 0 Å². The standard InChI is InChI=1S/C13H23NOS/c1-8(13(3,4)5)12(15)14-9(2)10-6-7-11(14)16-10/h8-11H,6-7H2,1-5H3. The number of carbonyl (C=O) groups is 1. The molecule has 2 aliphatic heterocycles. The van der Waals surface area contributed by atoms with Gasteiger partial charge in [0.05, 0.1) is 5.37 Å². The summed E-state index contributed by atoms with van der Waals surface area (Å²) in [4.78, 5) is 14.7. The minimum atomic E-state index is 0.0727. The van der Waals surface area contributed by atoms with Crippen molar-refractivity contribution < 1.29 is 4.79 Å². The highest BCUT2D eigenvalue weighted by Crippen LogP contribution is 2.48. The number of piperidine rings is 1. The second-order valence-corrected chi connectivity index (χ2v) is 7.70. The Morgan fingerprint density at radius 2 is 2.00 bits per heavy atom. The lowest BCUT2D eigenvalue weighted by Crippen LogP contribution is -2.48. The van der Waals surface area contributed by atoms with Crippen LogP contribution >= 0.6 is 11.8 Å². The fourth-order valence-electron chi connectivity index (χ4n) is 2.58. The number of hydrogen-bond donors (Lipinski definition) is 0. The SMILES string of the molecule is CC1C2CCC(S2)N1C(=O)C(C)C(C)(C)C. The molecular weight excluding hydrogens is 218 g/mol. The molecule has 0 aromatic carbocycles. The molecule has 1 amide bonds. The Balaban J connectivity index is 2.11. The highest BCUT2D eigenvalue weighted by Gasteiger charge is 2.48. The van der Waals surface area contributed by atoms with Crippen LogP contribution in [0.2, 0.25) is 0 Å². The fraction of sp³-hybridized carbons (Fsp3) is 0.923. The summed E-state index contributed by atoms with van der Waals surface area (Å²) in [5.74, 6) is 0.481. The van der Waals surface area contributed by atoms with E-state index in [0.717, 1.165) is 0 Å². The summed E-state index contributed by atoms with van der Waals surface area (Å²) in [6.07, 6.45) is 2.49. The van der Waals surface area contributed by atoms with Crippen molar-refractivity contribution in [3.63, 3.8) is 0 Å². The second-order valence-electron chi connectivity index (χ2n) is 6.28. The van der Waals surface area contributed by atoms with Crippen molar-refractivity contribution >= 4 is 17.7 Å². The van der Waals surface area contributed by atoms with Gasteiger partial charge in [-0.2, -0.15) is 0 Å². The van der Waals surface area contributed by atoms with Gasteiger partial charge in [-0.1, -0.05) is 27.7 Å². The predicted octanol–water partition coefficient (Wildman–Crippen LogP) is 3.12. The maximum Gasteiger partial charge on any atom is 0.227 e. The molecule has 0 aromatic rings. The van der Waals surface area contributed by atoms with Gasteiger partial charge in [0, 0.05) is 17.2 Å². The molecule has 0 spiro atoms. The molecule has 2 rings (SSSR count). The third kappa shape index (κ3) is 1.87. The summed E-state index contributed by atoms with van der Waals surface area (Å²) < 4.78 is 0. The lowest BCUT2D eigenvalue weighted by atomic mass is 9.80. The highest BCUT2D eigenvalue weighted by molar-refractivity contribution is 8.01. The number of amides is 1. The van der Waals surface area contributed by atoms with E-state index in [1.165, 1.54) is 12.8 Å². The first-order valence-electron chi connectivity index (χ1n) is 6.30. The summed E-state index contributed by atoms with van der Waals surface area (Å²) in [5, 5.41) is 1.17. The van der Waals surface area contributed by atoms with Gasteiger partial charge >= 0.3 is 0 Å². The zero-order valence-corrected chi connectivity index (χ0v) is 11.8. The highest BCUT2D eigenvalue weighted by atomic mass is 32.2. The molecule has 2 fully saturated rings. The number of likely N-dealkylation sites (tertiary alicyclic amines) is 1. The Bertz CT molecular complexity index is 295. The van der Waals surface area contributed by atoms with Crippen LogP contribution in [0, 0.1) is 11.3 Å². The zero-order valence-electron chi connectivity index (χ0n) is 11.0. The van der Waals surface area contributed by atoms with Crippen molar-refractivity contribution in [3.8, 4) is 0 Å².